The SMILES string of the molecule is COC(=O)c1cccc(C2(Nc3ccc(C(F)(F)F)cc3[N+](=O)[O-])CC2)c1. The van der Waals surface area contributed by atoms with Crippen molar-refractivity contribution in [1.29, 1.82) is 0 Å². The number of nitrogens with zero attached hydrogens (tertiary/aromatic N) is 1. The average Bonchev–Trinajstić information content (AvgIpc) is 3.41. The van der Waals surface area contributed by atoms with Gasteiger partial charge in [0.05, 0.1) is 28.7 Å². The first kappa shape index (κ1) is 18.7. The normalized spacial score (nSPS) is 15.1. The van der Waals surface area contributed by atoms with Gasteiger partial charge in [0.2, 0.25) is 0 Å². The number of esters is 1. The van der Waals surface area contributed by atoms with Gasteiger partial charge in [-0.25, -0.2) is 4.79 Å². The molecule has 0 unspecified atom stereocenters. The Balaban J connectivity index is 1.95. The molecule has 1 aliphatic carbocycles. The average molecular weight is 380 g/mol. The van der Waals surface area contributed by atoms with Crippen LogP contribution in [0.5, 0.6) is 0 Å². The molecule has 1 aliphatic rings. The zero-order valence-corrected chi connectivity index (χ0v) is 14.2. The Morgan fingerprint density at radius 3 is 2.48 bits per heavy atom. The minimum absolute atomic E-state index is 0.00558. The van der Waals surface area contributed by atoms with Gasteiger partial charge < -0.3 is 10.1 Å². The van der Waals surface area contributed by atoms with E-state index < -0.39 is 33.9 Å². The number of carbonyl (C=O) groups is 1. The van der Waals surface area contributed by atoms with Gasteiger partial charge >= 0.3 is 12.1 Å². The van der Waals surface area contributed by atoms with Crippen molar-refractivity contribution >= 4 is 17.3 Å². The Morgan fingerprint density at radius 2 is 1.93 bits per heavy atom. The smallest absolute Gasteiger partial charge is 0.416 e. The van der Waals surface area contributed by atoms with Crippen molar-refractivity contribution in [2.75, 3.05) is 12.4 Å². The molecular formula is C18H15F3N2O4. The van der Waals surface area contributed by atoms with E-state index in [9.17, 15) is 28.1 Å². The maximum absolute atomic E-state index is 12.8. The van der Waals surface area contributed by atoms with E-state index >= 15 is 0 Å². The second kappa shape index (κ2) is 6.57. The predicted molar refractivity (Wildman–Crippen MR) is 90.4 cm³/mol. The Morgan fingerprint density at radius 1 is 1.22 bits per heavy atom. The van der Waals surface area contributed by atoms with Crippen molar-refractivity contribution < 1.29 is 27.6 Å². The lowest BCUT2D eigenvalue weighted by Crippen LogP contribution is -2.20. The predicted octanol–water partition coefficient (Wildman–Crippen LogP) is 4.50. The number of benzene rings is 2. The van der Waals surface area contributed by atoms with Crippen LogP contribution in [-0.4, -0.2) is 18.0 Å². The van der Waals surface area contributed by atoms with Crippen molar-refractivity contribution in [2.45, 2.75) is 24.6 Å². The maximum Gasteiger partial charge on any atom is 0.416 e. The fourth-order valence-electron chi connectivity index (χ4n) is 2.90. The number of nitro groups is 1. The van der Waals surface area contributed by atoms with E-state index in [1.165, 1.54) is 7.11 Å². The lowest BCUT2D eigenvalue weighted by Gasteiger charge is -2.20. The Hall–Kier alpha value is -3.10. The molecule has 27 heavy (non-hydrogen) atoms. The third-order valence-electron chi connectivity index (χ3n) is 4.48. The van der Waals surface area contributed by atoms with Crippen LogP contribution in [-0.2, 0) is 16.5 Å². The van der Waals surface area contributed by atoms with Gasteiger partial charge in [0.1, 0.15) is 5.69 Å². The molecule has 0 amide bonds. The number of methoxy groups -OCH3 is 1. The van der Waals surface area contributed by atoms with Gasteiger partial charge in [-0.15, -0.1) is 0 Å². The number of carbonyl (C=O) groups excluding carboxylic acids is 1. The van der Waals surface area contributed by atoms with Crippen LogP contribution in [0.25, 0.3) is 0 Å². The number of anilines is 1. The molecule has 1 N–H and O–H groups in total. The minimum Gasteiger partial charge on any atom is -0.465 e. The summed E-state index contributed by atoms with van der Waals surface area (Å²) >= 11 is 0. The van der Waals surface area contributed by atoms with Gasteiger partial charge in [-0.05, 0) is 42.7 Å². The molecule has 0 spiro atoms. The van der Waals surface area contributed by atoms with Crippen molar-refractivity contribution in [2.24, 2.45) is 0 Å². The van der Waals surface area contributed by atoms with Crippen molar-refractivity contribution in [3.8, 4) is 0 Å². The Bertz CT molecular complexity index is 908. The number of rotatable bonds is 5. The van der Waals surface area contributed by atoms with Gasteiger partial charge in [-0.1, -0.05) is 12.1 Å². The largest absolute Gasteiger partial charge is 0.465 e. The highest BCUT2D eigenvalue weighted by molar-refractivity contribution is 5.89. The lowest BCUT2D eigenvalue weighted by molar-refractivity contribution is -0.384. The first-order chi connectivity index (χ1) is 12.7. The third kappa shape index (κ3) is 3.71. The van der Waals surface area contributed by atoms with Crippen LogP contribution in [0.4, 0.5) is 24.5 Å². The van der Waals surface area contributed by atoms with Crippen LogP contribution in [0.15, 0.2) is 42.5 Å². The van der Waals surface area contributed by atoms with Crippen LogP contribution in [0.3, 0.4) is 0 Å². The highest BCUT2D eigenvalue weighted by Gasteiger charge is 2.46. The highest BCUT2D eigenvalue weighted by Crippen LogP contribution is 2.50. The second-order valence-corrected chi connectivity index (χ2v) is 6.27. The molecule has 0 aromatic heterocycles. The van der Waals surface area contributed by atoms with E-state index in [0.29, 0.717) is 30.0 Å². The van der Waals surface area contributed by atoms with Gasteiger partial charge in [-0.3, -0.25) is 10.1 Å². The zero-order chi connectivity index (χ0) is 19.8. The molecule has 0 heterocycles. The third-order valence-corrected chi connectivity index (χ3v) is 4.48. The topological polar surface area (TPSA) is 81.5 Å². The maximum atomic E-state index is 12.8. The summed E-state index contributed by atoms with van der Waals surface area (Å²) in [4.78, 5) is 22.1. The molecule has 0 saturated heterocycles. The molecule has 2 aromatic rings. The number of hydrogen-bond acceptors (Lipinski definition) is 5. The number of alkyl halides is 3. The molecule has 3 rings (SSSR count). The molecule has 0 radical (unpaired) electrons. The zero-order valence-electron chi connectivity index (χ0n) is 14.2. The van der Waals surface area contributed by atoms with Crippen molar-refractivity contribution in [3.05, 3.63) is 69.3 Å². The highest BCUT2D eigenvalue weighted by atomic mass is 19.4. The number of ether oxygens (including phenoxy) is 1. The summed E-state index contributed by atoms with van der Waals surface area (Å²) in [5.74, 6) is -0.520. The van der Waals surface area contributed by atoms with E-state index in [0.717, 1.165) is 12.1 Å². The molecule has 142 valence electrons. The number of halogens is 3. The van der Waals surface area contributed by atoms with Crippen LogP contribution in [0.1, 0.15) is 34.3 Å². The van der Waals surface area contributed by atoms with Gasteiger partial charge in [0.25, 0.3) is 5.69 Å². The molecule has 6 nitrogen and oxygen atoms in total. The summed E-state index contributed by atoms with van der Waals surface area (Å²) in [5, 5.41) is 14.3. The summed E-state index contributed by atoms with van der Waals surface area (Å²) in [5.41, 5.74) is -1.38. The summed E-state index contributed by atoms with van der Waals surface area (Å²) in [6, 6.07) is 8.98. The fourth-order valence-corrected chi connectivity index (χ4v) is 2.90. The van der Waals surface area contributed by atoms with Crippen molar-refractivity contribution in [1.82, 2.24) is 0 Å². The van der Waals surface area contributed by atoms with E-state index in [4.69, 9.17) is 0 Å². The van der Waals surface area contributed by atoms with Gasteiger partial charge in [0.15, 0.2) is 0 Å². The summed E-state index contributed by atoms with van der Waals surface area (Å²) in [6.45, 7) is 0. The quantitative estimate of drug-likeness (QED) is 0.469. The second-order valence-electron chi connectivity index (χ2n) is 6.27. The van der Waals surface area contributed by atoms with Crippen molar-refractivity contribution in [3.63, 3.8) is 0 Å². The summed E-state index contributed by atoms with van der Waals surface area (Å²) < 4.78 is 43.2. The van der Waals surface area contributed by atoms with E-state index in [-0.39, 0.29) is 5.69 Å². The molecular weight excluding hydrogens is 365 g/mol. The molecule has 2 aromatic carbocycles. The number of nitrogens with one attached hydrogen (secondary N) is 1. The Kier molecular flexibility index (Phi) is 4.54. The van der Waals surface area contributed by atoms with Crippen LogP contribution in [0.2, 0.25) is 0 Å². The fraction of sp³-hybridized carbons (Fsp3) is 0.278. The van der Waals surface area contributed by atoms with Gasteiger partial charge in [0, 0.05) is 6.07 Å². The van der Waals surface area contributed by atoms with Crippen LogP contribution in [0, 0.1) is 10.1 Å². The van der Waals surface area contributed by atoms with Crippen LogP contribution >= 0.6 is 0 Å². The van der Waals surface area contributed by atoms with Crippen LogP contribution < -0.4 is 5.32 Å². The molecule has 0 aliphatic heterocycles. The van der Waals surface area contributed by atoms with E-state index in [1.807, 2.05) is 0 Å². The number of hydrogen-bond donors (Lipinski definition) is 1. The van der Waals surface area contributed by atoms with E-state index in [2.05, 4.69) is 10.1 Å². The number of nitro benzene ring substituents is 1. The Labute approximate surface area is 152 Å². The first-order valence-electron chi connectivity index (χ1n) is 7.99. The monoisotopic (exact) mass is 380 g/mol. The molecule has 9 heteroatoms. The van der Waals surface area contributed by atoms with E-state index in [1.54, 1.807) is 24.3 Å². The lowest BCUT2D eigenvalue weighted by atomic mass is 10.0. The minimum atomic E-state index is -4.67. The molecule has 0 atom stereocenters. The first-order valence-corrected chi connectivity index (χ1v) is 7.99. The summed E-state index contributed by atoms with van der Waals surface area (Å²) in [6.07, 6.45) is -3.43. The molecule has 1 saturated carbocycles. The molecule has 1 fully saturated rings. The summed E-state index contributed by atoms with van der Waals surface area (Å²) in [7, 11) is 1.26. The molecule has 0 bridgehead atoms. The standard InChI is InChI=1S/C18H15F3N2O4/c1-27-16(24)11-3-2-4-12(9-11)17(7-8-17)22-14-6-5-13(18(19,20)21)10-15(14)23(25)26/h2-6,9-10,22H,7-8H2,1H3. The van der Waals surface area contributed by atoms with Gasteiger partial charge in [-0.2, -0.15) is 13.2 Å².